The Morgan fingerprint density at radius 3 is 2.50 bits per heavy atom. The van der Waals surface area contributed by atoms with E-state index in [1.165, 1.54) is 68.2 Å². The lowest BCUT2D eigenvalue weighted by atomic mass is 9.91. The molecular formula is C19H32INO. The van der Waals surface area contributed by atoms with E-state index in [2.05, 4.69) is 26.1 Å². The number of carbonyl (C=O) groups is 1. The lowest BCUT2D eigenvalue weighted by molar-refractivity contribution is -0.914. The van der Waals surface area contributed by atoms with Gasteiger partial charge in [0, 0.05) is 5.92 Å². The molecule has 22 heavy (non-hydrogen) atoms. The van der Waals surface area contributed by atoms with E-state index < -0.39 is 0 Å². The molecule has 1 saturated heterocycles. The van der Waals surface area contributed by atoms with Gasteiger partial charge in [-0.25, -0.2) is 0 Å². The highest BCUT2D eigenvalue weighted by molar-refractivity contribution is 5.95. The first-order valence-corrected chi connectivity index (χ1v) is 8.89. The zero-order chi connectivity index (χ0) is 15.1. The Kier molecular flexibility index (Phi) is 8.91. The van der Waals surface area contributed by atoms with Crippen molar-refractivity contribution in [2.75, 3.05) is 26.7 Å². The van der Waals surface area contributed by atoms with Crippen molar-refractivity contribution in [3.8, 4) is 0 Å². The monoisotopic (exact) mass is 417 g/mol. The first kappa shape index (κ1) is 19.9. The normalized spacial score (nSPS) is 23.8. The van der Waals surface area contributed by atoms with Gasteiger partial charge in [0.2, 0.25) is 0 Å². The summed E-state index contributed by atoms with van der Waals surface area (Å²) >= 11 is 0. The number of halogens is 1. The third-order valence-electron chi connectivity index (χ3n) is 5.23. The van der Waals surface area contributed by atoms with Crippen LogP contribution in [0, 0.1) is 5.92 Å². The molecule has 2 rings (SSSR count). The van der Waals surface area contributed by atoms with Crippen LogP contribution in [0.1, 0.15) is 58.3 Å². The van der Waals surface area contributed by atoms with Crippen LogP contribution in [-0.2, 0) is 4.79 Å². The second kappa shape index (κ2) is 9.86. The average Bonchev–Trinajstić information content (AvgIpc) is 2.48. The van der Waals surface area contributed by atoms with Gasteiger partial charge in [0.25, 0.3) is 0 Å². The Labute approximate surface area is 153 Å². The van der Waals surface area contributed by atoms with Gasteiger partial charge in [-0.2, -0.15) is 0 Å². The maximum Gasteiger partial charge on any atom is 0.162 e. The lowest BCUT2D eigenvalue weighted by Gasteiger charge is -2.37. The molecule has 0 spiro atoms. The molecule has 0 bridgehead atoms. The van der Waals surface area contributed by atoms with Crippen molar-refractivity contribution in [2.45, 2.75) is 58.3 Å². The summed E-state index contributed by atoms with van der Waals surface area (Å²) in [5, 5.41) is 0. The Morgan fingerprint density at radius 1 is 1.14 bits per heavy atom. The number of ketones is 1. The summed E-state index contributed by atoms with van der Waals surface area (Å²) < 4.78 is 1.29. The zero-order valence-electron chi connectivity index (χ0n) is 14.3. The van der Waals surface area contributed by atoms with Gasteiger partial charge >= 0.3 is 0 Å². The number of carbonyl (C=O) groups excluding carboxylic acids is 1. The van der Waals surface area contributed by atoms with Crippen molar-refractivity contribution < 1.29 is 33.3 Å². The number of likely N-dealkylation sites (tertiary alicyclic amines) is 1. The molecule has 1 fully saturated rings. The summed E-state index contributed by atoms with van der Waals surface area (Å²) in [4.78, 5) is 11.8. The van der Waals surface area contributed by atoms with Crippen molar-refractivity contribution >= 4 is 5.78 Å². The van der Waals surface area contributed by atoms with Crippen LogP contribution in [0.2, 0.25) is 0 Å². The van der Waals surface area contributed by atoms with Gasteiger partial charge < -0.3 is 28.5 Å². The van der Waals surface area contributed by atoms with Crippen LogP contribution < -0.4 is 24.0 Å². The summed E-state index contributed by atoms with van der Waals surface area (Å²) in [6, 6.07) is 0. The molecule has 0 aromatic rings. The minimum atomic E-state index is 0. The van der Waals surface area contributed by atoms with Gasteiger partial charge in [-0.3, -0.25) is 4.79 Å². The van der Waals surface area contributed by atoms with E-state index >= 15 is 0 Å². The van der Waals surface area contributed by atoms with E-state index in [0.29, 0.717) is 5.78 Å². The second-order valence-corrected chi connectivity index (χ2v) is 7.16. The summed E-state index contributed by atoms with van der Waals surface area (Å²) in [7, 11) is 2.43. The number of piperidine rings is 1. The Balaban J connectivity index is 0.00000242. The van der Waals surface area contributed by atoms with E-state index in [1.807, 2.05) is 6.08 Å². The number of hydrogen-bond donors (Lipinski definition) is 0. The van der Waals surface area contributed by atoms with Gasteiger partial charge in [0.05, 0.1) is 26.7 Å². The SMILES string of the molecule is CCC1C=CC(CCCCC[N+]2(C)CCCCC2)=CC1=O.[I-]. The summed E-state index contributed by atoms with van der Waals surface area (Å²) in [6.45, 7) is 6.17. The molecule has 1 unspecified atom stereocenters. The number of rotatable bonds is 7. The predicted molar refractivity (Wildman–Crippen MR) is 89.1 cm³/mol. The standard InChI is InChI=1S/C19H32NO.HI/c1-3-18-12-11-17(16-19(18)21)10-6-4-7-13-20(2)14-8-5-9-15-20;/h11-12,16,18H,3-10,13-15H2,1-2H3;1H/q+1;/p-1. The fraction of sp³-hybridized carbons (Fsp3) is 0.737. The number of hydrogen-bond acceptors (Lipinski definition) is 1. The quantitative estimate of drug-likeness (QED) is 0.347. The van der Waals surface area contributed by atoms with Crippen molar-refractivity contribution in [2.24, 2.45) is 5.92 Å². The Bertz CT molecular complexity index is 408. The third kappa shape index (κ3) is 6.15. The highest BCUT2D eigenvalue weighted by atomic mass is 127. The second-order valence-electron chi connectivity index (χ2n) is 7.16. The molecule has 3 heteroatoms. The van der Waals surface area contributed by atoms with Crippen LogP contribution in [0.5, 0.6) is 0 Å². The fourth-order valence-electron chi connectivity index (χ4n) is 3.66. The summed E-state index contributed by atoms with van der Waals surface area (Å²) in [5.74, 6) is 0.443. The van der Waals surface area contributed by atoms with Gasteiger partial charge in [-0.1, -0.05) is 19.1 Å². The number of unbranched alkanes of at least 4 members (excludes halogenated alkanes) is 2. The van der Waals surface area contributed by atoms with Crippen molar-refractivity contribution in [3.05, 3.63) is 23.8 Å². The largest absolute Gasteiger partial charge is 1.00 e. The van der Waals surface area contributed by atoms with Gasteiger partial charge in [0.1, 0.15) is 0 Å². The van der Waals surface area contributed by atoms with E-state index in [1.54, 1.807) is 0 Å². The van der Waals surface area contributed by atoms with Crippen molar-refractivity contribution in [1.82, 2.24) is 0 Å². The van der Waals surface area contributed by atoms with Gasteiger partial charge in [-0.05, 0) is 63.0 Å². The topological polar surface area (TPSA) is 17.1 Å². The molecule has 0 N–H and O–H groups in total. The molecular weight excluding hydrogens is 385 g/mol. The molecule has 0 aromatic carbocycles. The van der Waals surface area contributed by atoms with Gasteiger partial charge in [0.15, 0.2) is 5.78 Å². The average molecular weight is 417 g/mol. The maximum atomic E-state index is 11.8. The van der Waals surface area contributed by atoms with E-state index in [9.17, 15) is 4.79 Å². The summed E-state index contributed by atoms with van der Waals surface area (Å²) in [5.41, 5.74) is 1.24. The van der Waals surface area contributed by atoms with E-state index in [-0.39, 0.29) is 29.9 Å². The van der Waals surface area contributed by atoms with Gasteiger partial charge in [-0.15, -0.1) is 0 Å². The zero-order valence-corrected chi connectivity index (χ0v) is 16.5. The maximum absolute atomic E-state index is 11.8. The van der Waals surface area contributed by atoms with Crippen molar-refractivity contribution in [3.63, 3.8) is 0 Å². The van der Waals surface area contributed by atoms with Crippen LogP contribution in [0.15, 0.2) is 23.8 Å². The van der Waals surface area contributed by atoms with E-state index in [4.69, 9.17) is 0 Å². The van der Waals surface area contributed by atoms with Crippen LogP contribution in [0.3, 0.4) is 0 Å². The molecule has 1 heterocycles. The first-order chi connectivity index (χ1) is 10.1. The van der Waals surface area contributed by atoms with Crippen LogP contribution >= 0.6 is 0 Å². The third-order valence-corrected chi connectivity index (χ3v) is 5.23. The van der Waals surface area contributed by atoms with Crippen LogP contribution in [-0.4, -0.2) is 36.9 Å². The Morgan fingerprint density at radius 2 is 1.86 bits per heavy atom. The number of nitrogens with zero attached hydrogens (tertiary/aromatic N) is 1. The fourth-order valence-corrected chi connectivity index (χ4v) is 3.66. The van der Waals surface area contributed by atoms with Crippen LogP contribution in [0.4, 0.5) is 0 Å². The predicted octanol–water partition coefficient (Wildman–Crippen LogP) is 1.27. The number of quaternary nitrogens is 1. The summed E-state index contributed by atoms with van der Waals surface area (Å²) in [6.07, 6.45) is 16.3. The Hall–Kier alpha value is -0.160. The highest BCUT2D eigenvalue weighted by Crippen LogP contribution is 2.21. The minimum absolute atomic E-state index is 0. The molecule has 0 amide bonds. The smallest absolute Gasteiger partial charge is 0.162 e. The van der Waals surface area contributed by atoms with E-state index in [0.717, 1.165) is 12.8 Å². The first-order valence-electron chi connectivity index (χ1n) is 8.89. The molecule has 2 aliphatic rings. The molecule has 126 valence electrons. The number of allylic oxidation sites excluding steroid dienone is 4. The molecule has 0 aromatic heterocycles. The van der Waals surface area contributed by atoms with Crippen molar-refractivity contribution in [1.29, 1.82) is 0 Å². The molecule has 0 radical (unpaired) electrons. The molecule has 1 aliphatic carbocycles. The molecule has 1 aliphatic heterocycles. The van der Waals surface area contributed by atoms with Crippen LogP contribution in [0.25, 0.3) is 0 Å². The minimum Gasteiger partial charge on any atom is -1.00 e. The molecule has 1 atom stereocenters. The molecule has 0 saturated carbocycles. The lowest BCUT2D eigenvalue weighted by Crippen LogP contribution is -3.00. The highest BCUT2D eigenvalue weighted by Gasteiger charge is 2.23. The molecule has 2 nitrogen and oxygen atoms in total.